The van der Waals surface area contributed by atoms with Crippen molar-refractivity contribution < 1.29 is 9.59 Å². The van der Waals surface area contributed by atoms with Gasteiger partial charge in [-0.1, -0.05) is 13.8 Å². The summed E-state index contributed by atoms with van der Waals surface area (Å²) in [6.07, 6.45) is 3.30. The van der Waals surface area contributed by atoms with Crippen LogP contribution < -0.4 is 5.32 Å². The largest absolute Gasteiger partial charge is 0.314 e. The summed E-state index contributed by atoms with van der Waals surface area (Å²) in [5.41, 5.74) is 0. The van der Waals surface area contributed by atoms with Gasteiger partial charge in [0, 0.05) is 38.5 Å². The zero-order valence-corrected chi connectivity index (χ0v) is 12.7. The molecule has 1 N–H and O–H groups in total. The van der Waals surface area contributed by atoms with Crippen LogP contribution in [0.4, 0.5) is 0 Å². The number of likely N-dealkylation sites (tertiary alicyclic amines) is 2. The van der Waals surface area contributed by atoms with Gasteiger partial charge in [0.15, 0.2) is 0 Å². The van der Waals surface area contributed by atoms with E-state index in [-0.39, 0.29) is 11.8 Å². The second kappa shape index (κ2) is 7.18. The smallest absolute Gasteiger partial charge is 0.229 e. The lowest BCUT2D eigenvalue weighted by Crippen LogP contribution is -2.44. The number of carbonyl (C=O) groups is 2. The molecule has 20 heavy (non-hydrogen) atoms. The Morgan fingerprint density at radius 2 is 1.90 bits per heavy atom. The summed E-state index contributed by atoms with van der Waals surface area (Å²) >= 11 is 0. The monoisotopic (exact) mass is 281 g/mol. The first-order chi connectivity index (χ1) is 9.56. The molecule has 0 aromatic rings. The molecule has 2 aliphatic rings. The minimum atomic E-state index is 0.00466. The molecule has 0 radical (unpaired) electrons. The third kappa shape index (κ3) is 4.28. The van der Waals surface area contributed by atoms with Crippen LogP contribution in [0.1, 0.15) is 39.5 Å². The molecular weight excluding hydrogens is 254 g/mol. The molecule has 2 heterocycles. The zero-order chi connectivity index (χ0) is 14.5. The molecule has 0 aromatic carbocycles. The second-order valence-corrected chi connectivity index (χ2v) is 6.31. The number of hydrogen-bond donors (Lipinski definition) is 1. The zero-order valence-electron chi connectivity index (χ0n) is 12.7. The van der Waals surface area contributed by atoms with Gasteiger partial charge in [-0.15, -0.1) is 0 Å². The fraction of sp³-hybridized carbons (Fsp3) is 0.867. The summed E-state index contributed by atoms with van der Waals surface area (Å²) < 4.78 is 0. The van der Waals surface area contributed by atoms with Crippen molar-refractivity contribution >= 4 is 11.8 Å². The molecule has 2 rings (SSSR count). The van der Waals surface area contributed by atoms with E-state index >= 15 is 0 Å². The summed E-state index contributed by atoms with van der Waals surface area (Å²) in [4.78, 5) is 27.0. The van der Waals surface area contributed by atoms with Gasteiger partial charge in [-0.25, -0.2) is 0 Å². The molecule has 1 unspecified atom stereocenters. The maximum atomic E-state index is 11.6. The van der Waals surface area contributed by atoms with Gasteiger partial charge in [0.25, 0.3) is 0 Å². The van der Waals surface area contributed by atoms with Gasteiger partial charge >= 0.3 is 0 Å². The van der Waals surface area contributed by atoms with Crippen LogP contribution in [0.5, 0.6) is 0 Å². The number of carbonyl (C=O) groups excluding carboxylic acids is 2. The van der Waals surface area contributed by atoms with E-state index in [9.17, 15) is 9.59 Å². The van der Waals surface area contributed by atoms with Gasteiger partial charge in [-0.05, 0) is 31.8 Å². The first-order valence-corrected chi connectivity index (χ1v) is 7.85. The highest BCUT2D eigenvalue weighted by Gasteiger charge is 2.29. The SMILES string of the molecule is CC(C)NCC1CCCN(CCN2C(=O)CCC2=O)C1. The van der Waals surface area contributed by atoms with Gasteiger partial charge in [-0.2, -0.15) is 0 Å². The van der Waals surface area contributed by atoms with Crippen molar-refractivity contribution in [3.8, 4) is 0 Å². The van der Waals surface area contributed by atoms with Crippen LogP contribution in [0.3, 0.4) is 0 Å². The van der Waals surface area contributed by atoms with Gasteiger partial charge in [-0.3, -0.25) is 14.5 Å². The van der Waals surface area contributed by atoms with E-state index < -0.39 is 0 Å². The topological polar surface area (TPSA) is 52.6 Å². The molecule has 1 atom stereocenters. The summed E-state index contributed by atoms with van der Waals surface area (Å²) in [5, 5.41) is 3.50. The van der Waals surface area contributed by atoms with E-state index in [0.29, 0.717) is 31.3 Å². The molecule has 114 valence electrons. The van der Waals surface area contributed by atoms with Gasteiger partial charge < -0.3 is 10.2 Å². The highest BCUT2D eigenvalue weighted by Crippen LogP contribution is 2.17. The van der Waals surface area contributed by atoms with E-state index in [2.05, 4.69) is 24.1 Å². The Labute approximate surface area is 121 Å². The molecule has 2 amide bonds. The third-order valence-corrected chi connectivity index (χ3v) is 4.21. The number of nitrogens with one attached hydrogen (secondary N) is 1. The fourth-order valence-electron chi connectivity index (χ4n) is 3.04. The Bertz CT molecular complexity index is 341. The molecule has 2 aliphatic heterocycles. The van der Waals surface area contributed by atoms with Crippen LogP contribution in [0.2, 0.25) is 0 Å². The van der Waals surface area contributed by atoms with Crippen LogP contribution >= 0.6 is 0 Å². The number of imide groups is 1. The van der Waals surface area contributed by atoms with Gasteiger partial charge in [0.05, 0.1) is 0 Å². The van der Waals surface area contributed by atoms with Crippen molar-refractivity contribution in [2.24, 2.45) is 5.92 Å². The highest BCUT2D eigenvalue weighted by molar-refractivity contribution is 6.01. The molecule has 5 heteroatoms. The van der Waals surface area contributed by atoms with Crippen molar-refractivity contribution in [3.05, 3.63) is 0 Å². The van der Waals surface area contributed by atoms with E-state index in [1.807, 2.05) is 0 Å². The first kappa shape index (κ1) is 15.4. The number of rotatable bonds is 6. The van der Waals surface area contributed by atoms with E-state index in [4.69, 9.17) is 0 Å². The Kier molecular flexibility index (Phi) is 5.54. The molecule has 2 fully saturated rings. The Balaban J connectivity index is 1.72. The van der Waals surface area contributed by atoms with Crippen molar-refractivity contribution in [2.45, 2.75) is 45.6 Å². The summed E-state index contributed by atoms with van der Waals surface area (Å²) in [7, 11) is 0. The summed E-state index contributed by atoms with van der Waals surface area (Å²) in [6.45, 7) is 8.98. The lowest BCUT2D eigenvalue weighted by atomic mass is 9.98. The van der Waals surface area contributed by atoms with Crippen molar-refractivity contribution in [2.75, 3.05) is 32.7 Å². The Morgan fingerprint density at radius 1 is 1.20 bits per heavy atom. The molecule has 2 saturated heterocycles. The fourth-order valence-corrected chi connectivity index (χ4v) is 3.04. The number of piperidine rings is 1. The molecule has 0 aliphatic carbocycles. The van der Waals surface area contributed by atoms with Crippen LogP contribution in [-0.2, 0) is 9.59 Å². The normalized spacial score (nSPS) is 24.9. The lowest BCUT2D eigenvalue weighted by Gasteiger charge is -2.34. The molecule has 0 aromatic heterocycles. The van der Waals surface area contributed by atoms with Crippen LogP contribution in [0.25, 0.3) is 0 Å². The third-order valence-electron chi connectivity index (χ3n) is 4.21. The number of nitrogens with zero attached hydrogens (tertiary/aromatic N) is 2. The Morgan fingerprint density at radius 3 is 2.55 bits per heavy atom. The van der Waals surface area contributed by atoms with E-state index in [0.717, 1.165) is 26.2 Å². The lowest BCUT2D eigenvalue weighted by molar-refractivity contribution is -0.138. The van der Waals surface area contributed by atoms with Crippen molar-refractivity contribution in [3.63, 3.8) is 0 Å². The maximum absolute atomic E-state index is 11.6. The molecule has 0 saturated carbocycles. The van der Waals surface area contributed by atoms with Gasteiger partial charge in [0.1, 0.15) is 0 Å². The number of amides is 2. The highest BCUT2D eigenvalue weighted by atomic mass is 16.2. The van der Waals surface area contributed by atoms with Crippen LogP contribution in [0.15, 0.2) is 0 Å². The standard InChI is InChI=1S/C15H27N3O2/c1-12(2)16-10-13-4-3-7-17(11-13)8-9-18-14(19)5-6-15(18)20/h12-13,16H,3-11H2,1-2H3. The molecule has 5 nitrogen and oxygen atoms in total. The van der Waals surface area contributed by atoms with Crippen LogP contribution in [-0.4, -0.2) is 60.4 Å². The summed E-state index contributed by atoms with van der Waals surface area (Å²) in [6, 6.07) is 0.533. The molecule has 0 spiro atoms. The van der Waals surface area contributed by atoms with Crippen molar-refractivity contribution in [1.82, 2.24) is 15.1 Å². The van der Waals surface area contributed by atoms with Gasteiger partial charge in [0.2, 0.25) is 11.8 Å². The minimum Gasteiger partial charge on any atom is -0.314 e. The molecule has 0 bridgehead atoms. The maximum Gasteiger partial charge on any atom is 0.229 e. The average Bonchev–Trinajstić information content (AvgIpc) is 2.74. The minimum absolute atomic E-state index is 0.00466. The van der Waals surface area contributed by atoms with E-state index in [1.165, 1.54) is 17.7 Å². The predicted octanol–water partition coefficient (Wildman–Crippen LogP) is 0.845. The predicted molar refractivity (Wildman–Crippen MR) is 78.3 cm³/mol. The molecular formula is C15H27N3O2. The van der Waals surface area contributed by atoms with E-state index in [1.54, 1.807) is 0 Å². The average molecular weight is 281 g/mol. The quantitative estimate of drug-likeness (QED) is 0.733. The number of hydrogen-bond acceptors (Lipinski definition) is 4. The van der Waals surface area contributed by atoms with Crippen molar-refractivity contribution in [1.29, 1.82) is 0 Å². The van der Waals surface area contributed by atoms with Crippen LogP contribution in [0, 0.1) is 5.92 Å². The summed E-state index contributed by atoms with van der Waals surface area (Å²) in [5.74, 6) is 0.700. The second-order valence-electron chi connectivity index (χ2n) is 6.31. The first-order valence-electron chi connectivity index (χ1n) is 7.85. The Hall–Kier alpha value is -0.940.